The summed E-state index contributed by atoms with van der Waals surface area (Å²) in [5.41, 5.74) is 0.193. The highest BCUT2D eigenvalue weighted by Crippen LogP contribution is 2.10. The predicted octanol–water partition coefficient (Wildman–Crippen LogP) is 2.07. The first-order valence-electron chi connectivity index (χ1n) is 5.62. The summed E-state index contributed by atoms with van der Waals surface area (Å²) in [5.74, 6) is -1.66. The lowest BCUT2D eigenvalue weighted by molar-refractivity contribution is -0.140. The zero-order chi connectivity index (χ0) is 13.7. The number of aliphatic carboxylic acids is 1. The molecule has 1 aromatic rings. The Morgan fingerprint density at radius 3 is 2.67 bits per heavy atom. The van der Waals surface area contributed by atoms with E-state index in [1.807, 2.05) is 6.92 Å². The normalized spacial score (nSPS) is 13.7. The molecular weight excluding hydrogens is 300 g/mol. The van der Waals surface area contributed by atoms with Crippen molar-refractivity contribution in [3.05, 3.63) is 28.5 Å². The number of carbonyl (C=O) groups excluding carboxylic acids is 1. The standard InChI is InChI=1S/C12H15BrN2O3/c1-3-7(2)10(12(17)18)15-11(16)8-5-4-6-9(13)14-8/h4-7,10H,3H2,1-2H3,(H,15,16)(H,17,18). The Hall–Kier alpha value is -1.43. The van der Waals surface area contributed by atoms with Crippen LogP contribution in [0, 0.1) is 5.92 Å². The van der Waals surface area contributed by atoms with Gasteiger partial charge in [0.1, 0.15) is 16.3 Å². The fourth-order valence-electron chi connectivity index (χ4n) is 1.43. The number of carboxylic acids is 1. The Labute approximate surface area is 114 Å². The summed E-state index contributed by atoms with van der Waals surface area (Å²) in [5, 5.41) is 11.6. The van der Waals surface area contributed by atoms with Crippen molar-refractivity contribution in [2.24, 2.45) is 5.92 Å². The van der Waals surface area contributed by atoms with Crippen LogP contribution in [0.1, 0.15) is 30.8 Å². The van der Waals surface area contributed by atoms with Crippen molar-refractivity contribution < 1.29 is 14.7 Å². The van der Waals surface area contributed by atoms with E-state index in [9.17, 15) is 9.59 Å². The predicted molar refractivity (Wildman–Crippen MR) is 70.3 cm³/mol. The van der Waals surface area contributed by atoms with Gasteiger partial charge in [0.2, 0.25) is 0 Å². The van der Waals surface area contributed by atoms with E-state index in [0.29, 0.717) is 11.0 Å². The van der Waals surface area contributed by atoms with Gasteiger partial charge in [0.25, 0.3) is 5.91 Å². The summed E-state index contributed by atoms with van der Waals surface area (Å²) in [6.45, 7) is 3.66. The molecule has 0 spiro atoms. The van der Waals surface area contributed by atoms with Crippen molar-refractivity contribution in [2.75, 3.05) is 0 Å². The second kappa shape index (κ2) is 6.49. The lowest BCUT2D eigenvalue weighted by Crippen LogP contribution is -2.45. The zero-order valence-electron chi connectivity index (χ0n) is 10.2. The van der Waals surface area contributed by atoms with E-state index in [0.717, 1.165) is 0 Å². The van der Waals surface area contributed by atoms with Crippen LogP contribution in [0.2, 0.25) is 0 Å². The minimum absolute atomic E-state index is 0.140. The first kappa shape index (κ1) is 14.6. The van der Waals surface area contributed by atoms with Crippen LogP contribution in [-0.4, -0.2) is 28.0 Å². The van der Waals surface area contributed by atoms with Crippen molar-refractivity contribution in [1.29, 1.82) is 0 Å². The summed E-state index contributed by atoms with van der Waals surface area (Å²) >= 11 is 3.16. The maximum absolute atomic E-state index is 11.9. The minimum Gasteiger partial charge on any atom is -0.480 e. The molecule has 1 rings (SSSR count). The van der Waals surface area contributed by atoms with Gasteiger partial charge in [-0.2, -0.15) is 0 Å². The van der Waals surface area contributed by atoms with Crippen molar-refractivity contribution >= 4 is 27.8 Å². The molecule has 18 heavy (non-hydrogen) atoms. The third-order valence-electron chi connectivity index (χ3n) is 2.71. The van der Waals surface area contributed by atoms with Gasteiger partial charge < -0.3 is 10.4 Å². The molecule has 0 saturated carbocycles. The SMILES string of the molecule is CCC(C)C(NC(=O)c1cccc(Br)n1)C(=O)O. The van der Waals surface area contributed by atoms with E-state index < -0.39 is 17.9 Å². The van der Waals surface area contributed by atoms with Crippen molar-refractivity contribution in [3.63, 3.8) is 0 Å². The molecule has 0 aliphatic carbocycles. The number of nitrogens with zero attached hydrogens (tertiary/aromatic N) is 1. The molecule has 1 heterocycles. The zero-order valence-corrected chi connectivity index (χ0v) is 11.8. The van der Waals surface area contributed by atoms with Crippen LogP contribution in [0.25, 0.3) is 0 Å². The number of nitrogens with one attached hydrogen (secondary N) is 1. The van der Waals surface area contributed by atoms with Gasteiger partial charge in [-0.05, 0) is 34.0 Å². The summed E-state index contributed by atoms with van der Waals surface area (Å²) in [6, 6.07) is 4.00. The number of hydrogen-bond donors (Lipinski definition) is 2. The number of pyridine rings is 1. The Kier molecular flexibility index (Phi) is 5.27. The van der Waals surface area contributed by atoms with Gasteiger partial charge in [-0.3, -0.25) is 4.79 Å². The Bertz CT molecular complexity index is 451. The van der Waals surface area contributed by atoms with Crippen LogP contribution >= 0.6 is 15.9 Å². The maximum Gasteiger partial charge on any atom is 0.326 e. The van der Waals surface area contributed by atoms with Crippen LogP contribution in [0.4, 0.5) is 0 Å². The van der Waals surface area contributed by atoms with Gasteiger partial charge in [-0.1, -0.05) is 26.3 Å². The Balaban J connectivity index is 2.82. The first-order valence-corrected chi connectivity index (χ1v) is 6.41. The van der Waals surface area contributed by atoms with E-state index >= 15 is 0 Å². The monoisotopic (exact) mass is 314 g/mol. The average molecular weight is 315 g/mol. The summed E-state index contributed by atoms with van der Waals surface area (Å²) in [7, 11) is 0. The lowest BCUT2D eigenvalue weighted by atomic mass is 9.99. The topological polar surface area (TPSA) is 79.3 Å². The second-order valence-corrected chi connectivity index (χ2v) is 4.83. The number of hydrogen-bond acceptors (Lipinski definition) is 3. The molecule has 0 aliphatic heterocycles. The molecule has 1 amide bonds. The number of carbonyl (C=O) groups is 2. The van der Waals surface area contributed by atoms with Crippen LogP contribution in [-0.2, 0) is 4.79 Å². The van der Waals surface area contributed by atoms with Gasteiger partial charge in [0.15, 0.2) is 0 Å². The molecule has 1 aromatic heterocycles. The molecule has 0 fully saturated rings. The molecule has 0 aliphatic rings. The smallest absolute Gasteiger partial charge is 0.326 e. The number of aromatic nitrogens is 1. The molecule has 6 heteroatoms. The molecule has 98 valence electrons. The molecule has 0 aromatic carbocycles. The summed E-state index contributed by atoms with van der Waals surface area (Å²) < 4.78 is 0.533. The van der Waals surface area contributed by atoms with Gasteiger partial charge in [0, 0.05) is 0 Å². The average Bonchev–Trinajstić information content (AvgIpc) is 2.34. The third kappa shape index (κ3) is 3.80. The second-order valence-electron chi connectivity index (χ2n) is 4.02. The summed E-state index contributed by atoms with van der Waals surface area (Å²) in [6.07, 6.45) is 0.670. The highest BCUT2D eigenvalue weighted by Gasteiger charge is 2.26. The van der Waals surface area contributed by atoms with Gasteiger partial charge in [-0.25, -0.2) is 9.78 Å². The Morgan fingerprint density at radius 2 is 2.17 bits per heavy atom. The molecule has 0 bridgehead atoms. The molecule has 2 N–H and O–H groups in total. The van der Waals surface area contributed by atoms with Crippen LogP contribution < -0.4 is 5.32 Å². The fourth-order valence-corrected chi connectivity index (χ4v) is 1.78. The number of halogens is 1. The molecule has 0 saturated heterocycles. The number of carboxylic acid groups (broad SMARTS) is 1. The van der Waals surface area contributed by atoms with Crippen LogP contribution in [0.5, 0.6) is 0 Å². The van der Waals surface area contributed by atoms with E-state index in [2.05, 4.69) is 26.2 Å². The summed E-state index contributed by atoms with van der Waals surface area (Å²) in [4.78, 5) is 26.9. The van der Waals surface area contributed by atoms with Crippen molar-refractivity contribution in [2.45, 2.75) is 26.3 Å². The van der Waals surface area contributed by atoms with E-state index in [-0.39, 0.29) is 11.6 Å². The highest BCUT2D eigenvalue weighted by molar-refractivity contribution is 9.10. The van der Waals surface area contributed by atoms with E-state index in [4.69, 9.17) is 5.11 Å². The third-order valence-corrected chi connectivity index (χ3v) is 3.16. The largest absolute Gasteiger partial charge is 0.480 e. The van der Waals surface area contributed by atoms with E-state index in [1.54, 1.807) is 19.1 Å². The molecular formula is C12H15BrN2O3. The fraction of sp³-hybridized carbons (Fsp3) is 0.417. The number of amides is 1. The molecule has 5 nitrogen and oxygen atoms in total. The van der Waals surface area contributed by atoms with Crippen molar-refractivity contribution in [1.82, 2.24) is 10.3 Å². The first-order chi connectivity index (χ1) is 8.45. The van der Waals surface area contributed by atoms with Gasteiger partial charge in [0.05, 0.1) is 0 Å². The molecule has 0 radical (unpaired) electrons. The quantitative estimate of drug-likeness (QED) is 0.815. The van der Waals surface area contributed by atoms with Crippen LogP contribution in [0.15, 0.2) is 22.8 Å². The van der Waals surface area contributed by atoms with Crippen LogP contribution in [0.3, 0.4) is 0 Å². The highest BCUT2D eigenvalue weighted by atomic mass is 79.9. The number of rotatable bonds is 5. The Morgan fingerprint density at radius 1 is 1.50 bits per heavy atom. The molecule has 2 unspecified atom stereocenters. The van der Waals surface area contributed by atoms with E-state index in [1.165, 1.54) is 6.07 Å². The maximum atomic E-state index is 11.9. The lowest BCUT2D eigenvalue weighted by Gasteiger charge is -2.19. The van der Waals surface area contributed by atoms with Crippen molar-refractivity contribution in [3.8, 4) is 0 Å². The van der Waals surface area contributed by atoms with Gasteiger partial charge in [-0.15, -0.1) is 0 Å². The minimum atomic E-state index is -1.03. The van der Waals surface area contributed by atoms with Gasteiger partial charge >= 0.3 is 5.97 Å². The molecule has 2 atom stereocenters.